The maximum Gasteiger partial charge on any atom is 0.180 e. The molecule has 0 spiro atoms. The molecule has 100 valence electrons. The van der Waals surface area contributed by atoms with Crippen LogP contribution in [0.15, 0.2) is 34.3 Å². The number of sulfone groups is 1. The van der Waals surface area contributed by atoms with E-state index in [1.807, 2.05) is 0 Å². The number of nitrogens with zero attached hydrogens (tertiary/aromatic N) is 3. The molecule has 0 aliphatic carbocycles. The highest BCUT2D eigenvalue weighted by Crippen LogP contribution is 2.16. The molecule has 0 saturated heterocycles. The van der Waals surface area contributed by atoms with Gasteiger partial charge in [0.05, 0.1) is 10.1 Å². The molecular weight excluding hydrogens is 262 g/mol. The molecule has 0 unspecified atom stereocenters. The van der Waals surface area contributed by atoms with Gasteiger partial charge in [0.15, 0.2) is 9.84 Å². The summed E-state index contributed by atoms with van der Waals surface area (Å²) in [6.07, 6.45) is 0.450. The lowest BCUT2D eigenvalue weighted by Crippen LogP contribution is -2.13. The minimum absolute atomic E-state index is 0.282. The third-order valence-corrected chi connectivity index (χ3v) is 4.57. The first-order valence-corrected chi connectivity index (χ1v) is 7.37. The van der Waals surface area contributed by atoms with E-state index >= 15 is 0 Å². The van der Waals surface area contributed by atoms with Crippen molar-refractivity contribution in [3.05, 3.63) is 40.3 Å². The summed E-state index contributed by atoms with van der Waals surface area (Å²) in [5.74, 6) is 5.69. The van der Waals surface area contributed by atoms with E-state index in [-0.39, 0.29) is 4.90 Å². The lowest BCUT2D eigenvalue weighted by atomic mass is 10.2. The summed E-state index contributed by atoms with van der Waals surface area (Å²) in [5, 5.41) is 2.91. The Morgan fingerprint density at radius 3 is 2.79 bits per heavy atom. The van der Waals surface area contributed by atoms with Gasteiger partial charge >= 0.3 is 0 Å². The first-order chi connectivity index (χ1) is 8.98. The Labute approximate surface area is 113 Å². The van der Waals surface area contributed by atoms with Gasteiger partial charge < -0.3 is 0 Å². The SMILES string of the molecule is CC(C)S(=O)(=O)c1cccc(C#CCCN=[N+]=[N-])c1. The third kappa shape index (κ3) is 4.32. The molecule has 0 aliphatic heterocycles. The highest BCUT2D eigenvalue weighted by molar-refractivity contribution is 7.92. The fraction of sp³-hybridized carbons (Fsp3) is 0.385. The lowest BCUT2D eigenvalue weighted by molar-refractivity contribution is 0.587. The minimum Gasteiger partial charge on any atom is -0.223 e. The van der Waals surface area contributed by atoms with Crippen LogP contribution in [0.1, 0.15) is 25.8 Å². The van der Waals surface area contributed by atoms with Crippen LogP contribution in [0.4, 0.5) is 0 Å². The smallest absolute Gasteiger partial charge is 0.180 e. The predicted octanol–water partition coefficient (Wildman–Crippen LogP) is 2.92. The number of hydrogen-bond acceptors (Lipinski definition) is 3. The first-order valence-electron chi connectivity index (χ1n) is 5.82. The molecule has 0 atom stereocenters. The minimum atomic E-state index is -3.27. The van der Waals surface area contributed by atoms with Crippen molar-refractivity contribution in [1.29, 1.82) is 0 Å². The fourth-order valence-electron chi connectivity index (χ4n) is 1.34. The van der Waals surface area contributed by atoms with Gasteiger partial charge in [0.25, 0.3) is 0 Å². The van der Waals surface area contributed by atoms with Crippen molar-refractivity contribution in [2.45, 2.75) is 30.4 Å². The van der Waals surface area contributed by atoms with Crippen LogP contribution >= 0.6 is 0 Å². The van der Waals surface area contributed by atoms with E-state index in [0.29, 0.717) is 18.5 Å². The molecule has 0 saturated carbocycles. The molecule has 1 rings (SSSR count). The van der Waals surface area contributed by atoms with E-state index in [0.717, 1.165) is 0 Å². The van der Waals surface area contributed by atoms with Crippen LogP contribution in [0, 0.1) is 11.8 Å². The summed E-state index contributed by atoms with van der Waals surface area (Å²) in [4.78, 5) is 2.91. The Balaban J connectivity index is 2.92. The van der Waals surface area contributed by atoms with E-state index in [1.54, 1.807) is 38.1 Å². The summed E-state index contributed by atoms with van der Waals surface area (Å²) in [6, 6.07) is 6.56. The van der Waals surface area contributed by atoms with E-state index in [2.05, 4.69) is 21.9 Å². The van der Waals surface area contributed by atoms with E-state index in [9.17, 15) is 8.42 Å². The number of rotatable bonds is 4. The summed E-state index contributed by atoms with van der Waals surface area (Å²) in [5.41, 5.74) is 8.75. The highest BCUT2D eigenvalue weighted by atomic mass is 32.2. The lowest BCUT2D eigenvalue weighted by Gasteiger charge is -2.07. The van der Waals surface area contributed by atoms with Gasteiger partial charge in [0.1, 0.15) is 0 Å². The van der Waals surface area contributed by atoms with Crippen molar-refractivity contribution in [2.24, 2.45) is 5.11 Å². The normalized spacial score (nSPS) is 10.5. The molecule has 0 aliphatic rings. The summed E-state index contributed by atoms with van der Waals surface area (Å²) in [6.45, 7) is 3.61. The Morgan fingerprint density at radius 2 is 2.16 bits per heavy atom. The zero-order valence-corrected chi connectivity index (χ0v) is 11.7. The largest absolute Gasteiger partial charge is 0.223 e. The van der Waals surface area contributed by atoms with Gasteiger partial charge in [-0.05, 0) is 37.6 Å². The molecule has 6 heteroatoms. The van der Waals surface area contributed by atoms with Crippen LogP contribution in [0.25, 0.3) is 10.4 Å². The van der Waals surface area contributed by atoms with Crippen LogP contribution in [-0.2, 0) is 9.84 Å². The third-order valence-electron chi connectivity index (χ3n) is 2.42. The molecule has 19 heavy (non-hydrogen) atoms. The molecular formula is C13H15N3O2S. The van der Waals surface area contributed by atoms with E-state index < -0.39 is 15.1 Å². The van der Waals surface area contributed by atoms with Gasteiger partial charge in [0, 0.05) is 23.4 Å². The van der Waals surface area contributed by atoms with Crippen LogP contribution < -0.4 is 0 Å². The molecule has 0 bridgehead atoms. The Hall–Kier alpha value is -1.96. The second kappa shape index (κ2) is 6.83. The maximum atomic E-state index is 12.0. The summed E-state index contributed by atoms with van der Waals surface area (Å²) in [7, 11) is -3.27. The first kappa shape index (κ1) is 15.1. The topological polar surface area (TPSA) is 82.9 Å². The molecule has 0 fully saturated rings. The van der Waals surface area contributed by atoms with Crippen molar-refractivity contribution in [3.63, 3.8) is 0 Å². The maximum absolute atomic E-state index is 12.0. The monoisotopic (exact) mass is 277 g/mol. The number of benzene rings is 1. The molecule has 0 radical (unpaired) electrons. The average molecular weight is 277 g/mol. The van der Waals surface area contributed by atoms with Gasteiger partial charge in [-0.1, -0.05) is 23.0 Å². The van der Waals surface area contributed by atoms with Gasteiger partial charge in [0.2, 0.25) is 0 Å². The van der Waals surface area contributed by atoms with E-state index in [1.165, 1.54) is 0 Å². The molecule has 5 nitrogen and oxygen atoms in total. The van der Waals surface area contributed by atoms with Crippen molar-refractivity contribution >= 4 is 9.84 Å². The van der Waals surface area contributed by atoms with Crippen molar-refractivity contribution in [2.75, 3.05) is 6.54 Å². The summed E-state index contributed by atoms with van der Waals surface area (Å²) >= 11 is 0. The highest BCUT2D eigenvalue weighted by Gasteiger charge is 2.18. The van der Waals surface area contributed by atoms with Gasteiger partial charge in [-0.3, -0.25) is 0 Å². The average Bonchev–Trinajstić information content (AvgIpc) is 2.38. The quantitative estimate of drug-likeness (QED) is 0.279. The number of hydrogen-bond donors (Lipinski definition) is 0. The van der Waals surface area contributed by atoms with Crippen molar-refractivity contribution < 1.29 is 8.42 Å². The van der Waals surface area contributed by atoms with Crippen LogP contribution in [0.2, 0.25) is 0 Å². The molecule has 1 aromatic carbocycles. The fourth-order valence-corrected chi connectivity index (χ4v) is 2.44. The Bertz CT molecular complexity index is 648. The molecule has 0 aromatic heterocycles. The van der Waals surface area contributed by atoms with Crippen molar-refractivity contribution in [3.8, 4) is 11.8 Å². The predicted molar refractivity (Wildman–Crippen MR) is 74.3 cm³/mol. The van der Waals surface area contributed by atoms with Crippen LogP contribution in [-0.4, -0.2) is 20.2 Å². The second-order valence-corrected chi connectivity index (χ2v) is 6.63. The molecule has 0 amide bonds. The Morgan fingerprint density at radius 1 is 1.42 bits per heavy atom. The molecule has 1 aromatic rings. The van der Waals surface area contributed by atoms with Crippen LogP contribution in [0.3, 0.4) is 0 Å². The zero-order valence-electron chi connectivity index (χ0n) is 10.9. The van der Waals surface area contributed by atoms with Crippen LogP contribution in [0.5, 0.6) is 0 Å². The van der Waals surface area contributed by atoms with Gasteiger partial charge in [-0.2, -0.15) is 0 Å². The van der Waals surface area contributed by atoms with E-state index in [4.69, 9.17) is 5.53 Å². The Kier molecular flexibility index (Phi) is 5.43. The standard InChI is InChI=1S/C13H15N3O2S/c1-11(2)19(17,18)13-8-5-7-12(10-13)6-3-4-9-15-16-14/h5,7-8,10-11H,4,9H2,1-2H3. The van der Waals surface area contributed by atoms with Crippen molar-refractivity contribution in [1.82, 2.24) is 0 Å². The zero-order chi connectivity index (χ0) is 14.3. The molecule has 0 heterocycles. The van der Waals surface area contributed by atoms with Gasteiger partial charge in [-0.25, -0.2) is 8.42 Å². The van der Waals surface area contributed by atoms with Gasteiger partial charge in [-0.15, -0.1) is 0 Å². The summed E-state index contributed by atoms with van der Waals surface area (Å²) < 4.78 is 24.0. The number of azide groups is 1. The molecule has 0 N–H and O–H groups in total. The second-order valence-electron chi connectivity index (χ2n) is 4.13.